The molecular weight excluding hydrogens is 498 g/mol. The molecule has 0 spiro atoms. The third kappa shape index (κ3) is 5.61. The van der Waals surface area contributed by atoms with Crippen LogP contribution in [0, 0.1) is 0 Å². The van der Waals surface area contributed by atoms with Gasteiger partial charge in [0.05, 0.1) is 22.4 Å². The first-order chi connectivity index (χ1) is 15.3. The summed E-state index contributed by atoms with van der Waals surface area (Å²) in [5, 5.41) is 5.48. The number of carbonyl (C=O) groups excluding carboxylic acids is 2. The van der Waals surface area contributed by atoms with Gasteiger partial charge in [-0.2, -0.15) is 0 Å². The van der Waals surface area contributed by atoms with Crippen molar-refractivity contribution in [3.63, 3.8) is 0 Å². The van der Waals surface area contributed by atoms with Crippen LogP contribution in [0.5, 0.6) is 11.5 Å². The Morgan fingerprint density at radius 1 is 0.906 bits per heavy atom. The minimum absolute atomic E-state index is 0.132. The lowest BCUT2D eigenvalue weighted by atomic mass is 10.2. The van der Waals surface area contributed by atoms with Gasteiger partial charge in [0.2, 0.25) is 0 Å². The molecule has 0 radical (unpaired) electrons. The Balaban J connectivity index is 1.41. The van der Waals surface area contributed by atoms with Gasteiger partial charge in [0.15, 0.2) is 11.5 Å². The summed E-state index contributed by atoms with van der Waals surface area (Å²) in [5.74, 6) is 1.10. The number of amides is 3. The molecule has 1 heterocycles. The largest absolute Gasteiger partial charge is 0.451 e. The Bertz CT molecular complexity index is 1160. The lowest BCUT2D eigenvalue weighted by molar-refractivity contribution is 0.0967. The quantitative estimate of drug-likeness (QED) is 0.396. The zero-order valence-electron chi connectivity index (χ0n) is 16.2. The molecule has 2 aromatic carbocycles. The number of nitrogens with zero attached hydrogens (tertiary/aromatic N) is 2. The van der Waals surface area contributed by atoms with Crippen LogP contribution >= 0.6 is 46.4 Å². The van der Waals surface area contributed by atoms with Crippen molar-refractivity contribution in [2.75, 3.05) is 5.32 Å². The van der Waals surface area contributed by atoms with E-state index in [0.717, 1.165) is 18.7 Å². The monoisotopic (exact) mass is 510 g/mol. The molecule has 2 N–H and O–H groups in total. The smallest absolute Gasteiger partial charge is 0.326 e. The summed E-state index contributed by atoms with van der Waals surface area (Å²) in [5.41, 5.74) is 0.384. The summed E-state index contributed by atoms with van der Waals surface area (Å²) in [6.07, 6.45) is 5.30. The van der Waals surface area contributed by atoms with E-state index in [2.05, 4.69) is 20.6 Å². The molecule has 32 heavy (non-hydrogen) atoms. The van der Waals surface area contributed by atoms with Crippen LogP contribution in [0.15, 0.2) is 42.7 Å². The topological polar surface area (TPSA) is 93.2 Å². The lowest BCUT2D eigenvalue weighted by Crippen LogP contribution is -2.34. The average molecular weight is 512 g/mol. The summed E-state index contributed by atoms with van der Waals surface area (Å²) in [7, 11) is 0. The number of carbonyl (C=O) groups is 2. The van der Waals surface area contributed by atoms with Crippen LogP contribution < -0.4 is 15.4 Å². The Kier molecular flexibility index (Phi) is 6.71. The van der Waals surface area contributed by atoms with Crippen LogP contribution in [-0.2, 0) is 0 Å². The van der Waals surface area contributed by atoms with Gasteiger partial charge in [-0.3, -0.25) is 10.1 Å². The van der Waals surface area contributed by atoms with Gasteiger partial charge in [0.1, 0.15) is 5.82 Å². The highest BCUT2D eigenvalue weighted by molar-refractivity contribution is 6.38. The van der Waals surface area contributed by atoms with Gasteiger partial charge in [-0.05, 0) is 43.2 Å². The number of imide groups is 1. The number of hydrogen-bond acceptors (Lipinski definition) is 5. The average Bonchev–Trinajstić information content (AvgIpc) is 3.56. The maximum Gasteiger partial charge on any atom is 0.326 e. The van der Waals surface area contributed by atoms with Crippen molar-refractivity contribution < 1.29 is 14.3 Å². The van der Waals surface area contributed by atoms with Gasteiger partial charge in [0, 0.05) is 27.2 Å². The van der Waals surface area contributed by atoms with Crippen molar-refractivity contribution in [3.05, 3.63) is 74.2 Å². The predicted octanol–water partition coefficient (Wildman–Crippen LogP) is 6.72. The summed E-state index contributed by atoms with van der Waals surface area (Å²) in [4.78, 5) is 33.0. The molecule has 0 saturated heterocycles. The minimum Gasteiger partial charge on any atom is -0.451 e. The fourth-order valence-corrected chi connectivity index (χ4v) is 3.89. The van der Waals surface area contributed by atoms with Crippen molar-refractivity contribution in [2.45, 2.75) is 18.8 Å². The zero-order valence-corrected chi connectivity index (χ0v) is 19.2. The van der Waals surface area contributed by atoms with E-state index in [1.54, 1.807) is 12.4 Å². The first-order valence-electron chi connectivity index (χ1n) is 9.36. The van der Waals surface area contributed by atoms with Crippen LogP contribution in [-0.4, -0.2) is 21.9 Å². The standard InChI is InChI=1S/C21H14Cl4N4O3/c22-12-3-11(4-13(23)5-12)20(30)29-21(31)28-14-6-16(24)18(17(25)7-14)32-15-8-26-19(27-9-15)10-1-2-10/h3-10H,1-2H2,(H2,28,29,30,31). The third-order valence-corrected chi connectivity index (χ3v) is 5.42. The van der Waals surface area contributed by atoms with E-state index >= 15 is 0 Å². The minimum atomic E-state index is -0.795. The van der Waals surface area contributed by atoms with Crippen molar-refractivity contribution >= 4 is 64.0 Å². The number of rotatable bonds is 5. The van der Waals surface area contributed by atoms with E-state index in [-0.39, 0.29) is 37.1 Å². The van der Waals surface area contributed by atoms with E-state index in [9.17, 15) is 9.59 Å². The first-order valence-corrected chi connectivity index (χ1v) is 10.9. The number of ether oxygens (including phenoxy) is 1. The van der Waals surface area contributed by atoms with E-state index in [0.29, 0.717) is 11.7 Å². The second-order valence-electron chi connectivity index (χ2n) is 6.99. The molecule has 3 amide bonds. The van der Waals surface area contributed by atoms with Gasteiger partial charge in [0.25, 0.3) is 5.91 Å². The molecule has 7 nitrogen and oxygen atoms in total. The van der Waals surface area contributed by atoms with Crippen LogP contribution in [0.1, 0.15) is 34.9 Å². The van der Waals surface area contributed by atoms with Crippen molar-refractivity contribution in [1.29, 1.82) is 0 Å². The molecule has 3 aromatic rings. The fraction of sp³-hybridized carbons (Fsp3) is 0.143. The summed E-state index contributed by atoms with van der Waals surface area (Å²) < 4.78 is 5.70. The SMILES string of the molecule is O=C(NC(=O)c1cc(Cl)cc(Cl)c1)Nc1cc(Cl)c(Oc2cnc(C3CC3)nc2)c(Cl)c1. The lowest BCUT2D eigenvalue weighted by Gasteiger charge is -2.12. The Morgan fingerprint density at radius 2 is 1.50 bits per heavy atom. The number of benzene rings is 2. The number of aromatic nitrogens is 2. The highest BCUT2D eigenvalue weighted by atomic mass is 35.5. The second kappa shape index (κ2) is 9.50. The van der Waals surface area contributed by atoms with Crippen LogP contribution in [0.4, 0.5) is 10.5 Å². The molecule has 1 saturated carbocycles. The van der Waals surface area contributed by atoms with Gasteiger partial charge >= 0.3 is 6.03 Å². The van der Waals surface area contributed by atoms with E-state index in [4.69, 9.17) is 51.1 Å². The van der Waals surface area contributed by atoms with Crippen LogP contribution in [0.3, 0.4) is 0 Å². The molecule has 0 bridgehead atoms. The van der Waals surface area contributed by atoms with Gasteiger partial charge < -0.3 is 10.1 Å². The Morgan fingerprint density at radius 3 is 2.06 bits per heavy atom. The molecule has 0 aliphatic heterocycles. The summed E-state index contributed by atoms with van der Waals surface area (Å²) >= 11 is 24.3. The Labute approximate surface area is 203 Å². The number of halogens is 4. The summed E-state index contributed by atoms with van der Waals surface area (Å²) in [6, 6.07) is 6.32. The maximum atomic E-state index is 12.2. The highest BCUT2D eigenvalue weighted by Gasteiger charge is 2.26. The number of hydrogen-bond donors (Lipinski definition) is 2. The molecular formula is C21H14Cl4N4O3. The highest BCUT2D eigenvalue weighted by Crippen LogP contribution is 2.40. The Hall–Kier alpha value is -2.58. The second-order valence-corrected chi connectivity index (χ2v) is 8.68. The van der Waals surface area contributed by atoms with Crippen LogP contribution in [0.25, 0.3) is 0 Å². The first kappa shape index (κ1) is 22.6. The molecule has 1 fully saturated rings. The normalized spacial score (nSPS) is 12.9. The fourth-order valence-electron chi connectivity index (χ4n) is 2.80. The molecule has 1 aliphatic rings. The number of anilines is 1. The zero-order chi connectivity index (χ0) is 22.8. The molecule has 0 atom stereocenters. The van der Waals surface area contributed by atoms with Crippen molar-refractivity contribution in [3.8, 4) is 11.5 Å². The molecule has 11 heteroatoms. The molecule has 1 aliphatic carbocycles. The van der Waals surface area contributed by atoms with Gasteiger partial charge in [-0.25, -0.2) is 14.8 Å². The third-order valence-electron chi connectivity index (χ3n) is 4.42. The molecule has 0 unspecified atom stereocenters. The van der Waals surface area contributed by atoms with E-state index in [1.165, 1.54) is 30.3 Å². The molecule has 4 rings (SSSR count). The number of nitrogens with one attached hydrogen (secondary N) is 2. The predicted molar refractivity (Wildman–Crippen MR) is 123 cm³/mol. The number of urea groups is 1. The van der Waals surface area contributed by atoms with Gasteiger partial charge in [-0.15, -0.1) is 0 Å². The maximum absolute atomic E-state index is 12.2. The molecule has 164 valence electrons. The van der Waals surface area contributed by atoms with Crippen molar-refractivity contribution in [2.24, 2.45) is 0 Å². The van der Waals surface area contributed by atoms with E-state index < -0.39 is 11.9 Å². The molecule has 1 aromatic heterocycles. The van der Waals surface area contributed by atoms with Crippen LogP contribution in [0.2, 0.25) is 20.1 Å². The van der Waals surface area contributed by atoms with Crippen molar-refractivity contribution in [1.82, 2.24) is 15.3 Å². The van der Waals surface area contributed by atoms with E-state index in [1.807, 2.05) is 0 Å². The van der Waals surface area contributed by atoms with Gasteiger partial charge in [-0.1, -0.05) is 46.4 Å². The summed E-state index contributed by atoms with van der Waals surface area (Å²) in [6.45, 7) is 0.